The van der Waals surface area contributed by atoms with Gasteiger partial charge in [0.25, 0.3) is 0 Å². The molecule has 0 aromatic heterocycles. The number of rotatable bonds is 0. The first kappa shape index (κ1) is 9.31. The highest BCUT2D eigenvalue weighted by Crippen LogP contribution is 2.03. The normalized spacial score (nSPS) is 25.3. The van der Waals surface area contributed by atoms with Gasteiger partial charge in [0.1, 0.15) is 0 Å². The maximum atomic E-state index is 2.31. The first-order valence-electron chi connectivity index (χ1n) is 4.95. The minimum Gasteiger partial charge on any atom is -0.0885 e. The summed E-state index contributed by atoms with van der Waals surface area (Å²) in [5.41, 5.74) is 0. The van der Waals surface area contributed by atoms with Crippen LogP contribution in [0.1, 0.15) is 38.5 Å². The molecule has 0 aliphatic heterocycles. The van der Waals surface area contributed by atoms with Gasteiger partial charge in [-0.25, -0.2) is 0 Å². The molecular formula is C12H18. The molecule has 0 saturated carbocycles. The van der Waals surface area contributed by atoms with Crippen molar-refractivity contribution in [1.82, 2.24) is 0 Å². The van der Waals surface area contributed by atoms with E-state index < -0.39 is 0 Å². The molecule has 0 aromatic rings. The number of hydrogen-bond acceptors (Lipinski definition) is 0. The average molecular weight is 162 g/mol. The number of hydrogen-bond donors (Lipinski definition) is 0. The van der Waals surface area contributed by atoms with Gasteiger partial charge in [-0.2, -0.15) is 0 Å². The lowest BCUT2D eigenvalue weighted by molar-refractivity contribution is 0.859. The van der Waals surface area contributed by atoms with Gasteiger partial charge in [-0.15, -0.1) is 0 Å². The topological polar surface area (TPSA) is 0 Å². The Kier molecular flexibility index (Phi) is 5.35. The predicted molar refractivity (Wildman–Crippen MR) is 55.1 cm³/mol. The van der Waals surface area contributed by atoms with Crippen LogP contribution >= 0.6 is 0 Å². The smallest absolute Gasteiger partial charge is 0.0169 e. The average Bonchev–Trinajstić information content (AvgIpc) is 2.05. The second kappa shape index (κ2) is 6.90. The SMILES string of the molecule is C1=CCC/C=C/CCC/C=C\C1. The summed E-state index contributed by atoms with van der Waals surface area (Å²) in [6, 6.07) is 0. The molecule has 0 bridgehead atoms. The van der Waals surface area contributed by atoms with Crippen LogP contribution in [0, 0.1) is 0 Å². The van der Waals surface area contributed by atoms with E-state index in [1.165, 1.54) is 32.1 Å². The Balaban J connectivity index is 2.30. The molecule has 0 spiro atoms. The molecule has 0 amide bonds. The Bertz CT molecular complexity index is 172. The summed E-state index contributed by atoms with van der Waals surface area (Å²) >= 11 is 0. The summed E-state index contributed by atoms with van der Waals surface area (Å²) in [4.78, 5) is 0. The highest BCUT2D eigenvalue weighted by molar-refractivity contribution is 4.95. The minimum absolute atomic E-state index is 1.11. The third-order valence-electron chi connectivity index (χ3n) is 2.01. The summed E-state index contributed by atoms with van der Waals surface area (Å²) in [7, 11) is 0. The van der Waals surface area contributed by atoms with E-state index in [2.05, 4.69) is 36.5 Å². The fourth-order valence-corrected chi connectivity index (χ4v) is 1.29. The summed E-state index contributed by atoms with van der Waals surface area (Å²) in [5.74, 6) is 0. The fraction of sp³-hybridized carbons (Fsp3) is 0.500. The zero-order valence-corrected chi connectivity index (χ0v) is 7.71. The first-order valence-corrected chi connectivity index (χ1v) is 4.95. The van der Waals surface area contributed by atoms with E-state index in [1.54, 1.807) is 0 Å². The van der Waals surface area contributed by atoms with Crippen LogP contribution in [0.25, 0.3) is 0 Å². The summed E-state index contributed by atoms with van der Waals surface area (Å²) in [6.45, 7) is 0. The molecule has 0 saturated heterocycles. The van der Waals surface area contributed by atoms with Crippen LogP contribution in [0.4, 0.5) is 0 Å². The van der Waals surface area contributed by atoms with Crippen LogP contribution in [0.15, 0.2) is 36.5 Å². The standard InChI is InChI=1S/C12H18/c1-2-4-6-8-10-12-11-9-7-5-3-1/h1-2,5,7-8,10H,3-4,6,9,11-12H2/b2-1?,7-5-,10-8+. The Hall–Kier alpha value is -0.780. The molecule has 0 nitrogen and oxygen atoms in total. The Morgan fingerprint density at radius 3 is 1.75 bits per heavy atom. The molecule has 0 heteroatoms. The van der Waals surface area contributed by atoms with Crippen molar-refractivity contribution in [2.24, 2.45) is 0 Å². The van der Waals surface area contributed by atoms with Gasteiger partial charge in [-0.1, -0.05) is 36.5 Å². The molecule has 0 heterocycles. The quantitative estimate of drug-likeness (QED) is 0.472. The third kappa shape index (κ3) is 4.95. The van der Waals surface area contributed by atoms with E-state index in [0.29, 0.717) is 0 Å². The maximum absolute atomic E-state index is 2.31. The molecule has 12 heavy (non-hydrogen) atoms. The second-order valence-corrected chi connectivity index (χ2v) is 3.16. The van der Waals surface area contributed by atoms with E-state index in [-0.39, 0.29) is 0 Å². The summed E-state index contributed by atoms with van der Waals surface area (Å²) in [6.07, 6.45) is 21.0. The molecule has 0 atom stereocenters. The van der Waals surface area contributed by atoms with Crippen molar-refractivity contribution in [2.45, 2.75) is 38.5 Å². The van der Waals surface area contributed by atoms with Gasteiger partial charge in [-0.3, -0.25) is 0 Å². The fourth-order valence-electron chi connectivity index (χ4n) is 1.29. The monoisotopic (exact) mass is 162 g/mol. The van der Waals surface area contributed by atoms with Gasteiger partial charge in [-0.05, 0) is 38.5 Å². The summed E-state index contributed by atoms with van der Waals surface area (Å²) < 4.78 is 0. The Labute approximate surface area is 75.7 Å². The highest BCUT2D eigenvalue weighted by Gasteiger charge is 1.82. The van der Waals surface area contributed by atoms with E-state index >= 15 is 0 Å². The van der Waals surface area contributed by atoms with Gasteiger partial charge in [0.2, 0.25) is 0 Å². The van der Waals surface area contributed by atoms with Crippen molar-refractivity contribution in [3.63, 3.8) is 0 Å². The predicted octanol–water partition coefficient (Wildman–Crippen LogP) is 4.01. The van der Waals surface area contributed by atoms with E-state index in [4.69, 9.17) is 0 Å². The van der Waals surface area contributed by atoms with Crippen molar-refractivity contribution >= 4 is 0 Å². The molecule has 0 aromatic carbocycles. The van der Waals surface area contributed by atoms with Gasteiger partial charge < -0.3 is 0 Å². The molecule has 0 N–H and O–H groups in total. The molecule has 1 aliphatic rings. The maximum Gasteiger partial charge on any atom is -0.0169 e. The van der Waals surface area contributed by atoms with Gasteiger partial charge in [0, 0.05) is 0 Å². The Morgan fingerprint density at radius 2 is 1.00 bits per heavy atom. The van der Waals surface area contributed by atoms with E-state index in [1.807, 2.05) is 0 Å². The van der Waals surface area contributed by atoms with Crippen molar-refractivity contribution in [3.05, 3.63) is 36.5 Å². The minimum atomic E-state index is 1.11. The lowest BCUT2D eigenvalue weighted by atomic mass is 10.1. The second-order valence-electron chi connectivity index (χ2n) is 3.16. The zero-order valence-electron chi connectivity index (χ0n) is 7.71. The van der Waals surface area contributed by atoms with E-state index in [0.717, 1.165) is 6.42 Å². The Morgan fingerprint density at radius 1 is 0.500 bits per heavy atom. The highest BCUT2D eigenvalue weighted by atomic mass is 13.9. The van der Waals surface area contributed by atoms with Gasteiger partial charge in [0.15, 0.2) is 0 Å². The summed E-state index contributed by atoms with van der Waals surface area (Å²) in [5, 5.41) is 0. The largest absolute Gasteiger partial charge is 0.0885 e. The van der Waals surface area contributed by atoms with Crippen LogP contribution in [0.5, 0.6) is 0 Å². The van der Waals surface area contributed by atoms with Crippen molar-refractivity contribution < 1.29 is 0 Å². The first-order chi connectivity index (χ1) is 6.00. The van der Waals surface area contributed by atoms with Crippen LogP contribution < -0.4 is 0 Å². The van der Waals surface area contributed by atoms with Crippen molar-refractivity contribution in [1.29, 1.82) is 0 Å². The molecule has 1 aliphatic carbocycles. The molecule has 66 valence electrons. The van der Waals surface area contributed by atoms with Crippen LogP contribution in [0.2, 0.25) is 0 Å². The molecule has 0 fully saturated rings. The lowest BCUT2D eigenvalue weighted by Gasteiger charge is -1.92. The van der Waals surface area contributed by atoms with Crippen LogP contribution in [-0.4, -0.2) is 0 Å². The number of allylic oxidation sites excluding steroid dienone is 6. The van der Waals surface area contributed by atoms with Crippen molar-refractivity contribution in [2.75, 3.05) is 0 Å². The van der Waals surface area contributed by atoms with Gasteiger partial charge in [0.05, 0.1) is 0 Å². The third-order valence-corrected chi connectivity index (χ3v) is 2.01. The van der Waals surface area contributed by atoms with Crippen LogP contribution in [-0.2, 0) is 0 Å². The molecule has 0 radical (unpaired) electrons. The van der Waals surface area contributed by atoms with Crippen molar-refractivity contribution in [3.8, 4) is 0 Å². The van der Waals surface area contributed by atoms with Gasteiger partial charge >= 0.3 is 0 Å². The molecule has 1 rings (SSSR count). The van der Waals surface area contributed by atoms with E-state index in [9.17, 15) is 0 Å². The van der Waals surface area contributed by atoms with Crippen LogP contribution in [0.3, 0.4) is 0 Å². The lowest BCUT2D eigenvalue weighted by Crippen LogP contribution is -1.72. The molecular weight excluding hydrogens is 144 g/mol. The molecule has 0 unspecified atom stereocenters. The zero-order chi connectivity index (χ0) is 8.49.